The first kappa shape index (κ1) is 11.6. The van der Waals surface area contributed by atoms with E-state index in [2.05, 4.69) is 16.2 Å². The maximum atomic E-state index is 9.12. The maximum absolute atomic E-state index is 9.12. The monoisotopic (exact) mass is 223 g/mol. The third-order valence-electron chi connectivity index (χ3n) is 3.37. The molecule has 0 aromatic carbocycles. The molecule has 1 saturated carbocycles. The molecule has 1 aromatic rings. The van der Waals surface area contributed by atoms with Crippen molar-refractivity contribution in [3.05, 3.63) is 18.0 Å². The highest BCUT2D eigenvalue weighted by Gasteiger charge is 2.22. The minimum absolute atomic E-state index is 0.247. The van der Waals surface area contributed by atoms with Crippen LogP contribution in [0.5, 0.6) is 0 Å². The number of rotatable bonds is 5. The van der Waals surface area contributed by atoms with Gasteiger partial charge in [-0.15, -0.1) is 0 Å². The van der Waals surface area contributed by atoms with E-state index in [1.807, 2.05) is 17.9 Å². The van der Waals surface area contributed by atoms with Gasteiger partial charge in [0.2, 0.25) is 0 Å². The van der Waals surface area contributed by atoms with Gasteiger partial charge in [0.05, 0.1) is 12.8 Å². The molecule has 90 valence electrons. The van der Waals surface area contributed by atoms with Crippen molar-refractivity contribution in [2.45, 2.75) is 38.3 Å². The number of aryl methyl sites for hydroxylation is 1. The second-order valence-corrected chi connectivity index (χ2v) is 4.65. The van der Waals surface area contributed by atoms with E-state index >= 15 is 0 Å². The minimum Gasteiger partial charge on any atom is -0.395 e. The average molecular weight is 223 g/mol. The molecule has 4 heteroatoms. The largest absolute Gasteiger partial charge is 0.395 e. The Balaban J connectivity index is 1.96. The lowest BCUT2D eigenvalue weighted by Gasteiger charge is -2.27. The zero-order valence-corrected chi connectivity index (χ0v) is 9.97. The quantitative estimate of drug-likeness (QED) is 0.814. The summed E-state index contributed by atoms with van der Waals surface area (Å²) >= 11 is 0. The van der Waals surface area contributed by atoms with Gasteiger partial charge < -0.3 is 5.11 Å². The number of hydrogen-bond donors (Lipinski definition) is 1. The van der Waals surface area contributed by atoms with Crippen LogP contribution >= 0.6 is 0 Å². The molecule has 1 fully saturated rings. The second kappa shape index (κ2) is 5.46. The number of nitrogens with zero attached hydrogens (tertiary/aromatic N) is 3. The molecule has 0 spiro atoms. The molecule has 0 aliphatic heterocycles. The molecular weight excluding hydrogens is 202 g/mol. The van der Waals surface area contributed by atoms with Gasteiger partial charge in [-0.3, -0.25) is 9.58 Å². The fraction of sp³-hybridized carbons (Fsp3) is 0.750. The van der Waals surface area contributed by atoms with Crippen LogP contribution in [0.2, 0.25) is 0 Å². The van der Waals surface area contributed by atoms with Gasteiger partial charge in [-0.25, -0.2) is 0 Å². The van der Waals surface area contributed by atoms with Gasteiger partial charge in [-0.2, -0.15) is 5.10 Å². The topological polar surface area (TPSA) is 41.3 Å². The van der Waals surface area contributed by atoms with Crippen molar-refractivity contribution in [3.63, 3.8) is 0 Å². The molecule has 1 heterocycles. The predicted octanol–water partition coefficient (Wildman–Crippen LogP) is 1.16. The van der Waals surface area contributed by atoms with E-state index in [1.54, 1.807) is 0 Å². The standard InChI is InChI=1S/C12H21N3O/c1-14-9-11(8-13-14)10-15(6-7-16)12-4-2-3-5-12/h8-9,12,16H,2-7,10H2,1H3. The molecule has 1 aliphatic carbocycles. The third kappa shape index (κ3) is 2.83. The smallest absolute Gasteiger partial charge is 0.0558 e. The minimum atomic E-state index is 0.247. The van der Waals surface area contributed by atoms with Crippen LogP contribution in [0, 0.1) is 0 Å². The zero-order chi connectivity index (χ0) is 11.4. The summed E-state index contributed by atoms with van der Waals surface area (Å²) in [5.74, 6) is 0. The van der Waals surface area contributed by atoms with Gasteiger partial charge in [-0.05, 0) is 12.8 Å². The molecule has 1 N–H and O–H groups in total. The Hall–Kier alpha value is -0.870. The molecule has 0 radical (unpaired) electrons. The van der Waals surface area contributed by atoms with Crippen LogP contribution in [0.1, 0.15) is 31.2 Å². The lowest BCUT2D eigenvalue weighted by atomic mass is 10.2. The van der Waals surface area contributed by atoms with Gasteiger partial charge >= 0.3 is 0 Å². The molecule has 0 saturated heterocycles. The highest BCUT2D eigenvalue weighted by atomic mass is 16.3. The van der Waals surface area contributed by atoms with Crippen LogP contribution in [-0.4, -0.2) is 39.0 Å². The van der Waals surface area contributed by atoms with E-state index in [0.29, 0.717) is 6.04 Å². The Morgan fingerprint density at radius 2 is 2.25 bits per heavy atom. The van der Waals surface area contributed by atoms with E-state index in [1.165, 1.54) is 31.2 Å². The number of aromatic nitrogens is 2. The highest BCUT2D eigenvalue weighted by Crippen LogP contribution is 2.24. The van der Waals surface area contributed by atoms with Gasteiger partial charge in [0, 0.05) is 37.9 Å². The summed E-state index contributed by atoms with van der Waals surface area (Å²) in [5.41, 5.74) is 1.24. The fourth-order valence-corrected chi connectivity index (χ4v) is 2.58. The summed E-state index contributed by atoms with van der Waals surface area (Å²) in [6.45, 7) is 1.94. The molecule has 2 rings (SSSR count). The van der Waals surface area contributed by atoms with Gasteiger partial charge in [-0.1, -0.05) is 12.8 Å². The molecule has 0 atom stereocenters. The van der Waals surface area contributed by atoms with Crippen LogP contribution in [0.3, 0.4) is 0 Å². The summed E-state index contributed by atoms with van der Waals surface area (Å²) in [6.07, 6.45) is 9.19. The Bertz CT molecular complexity index is 318. The number of aliphatic hydroxyl groups is 1. The van der Waals surface area contributed by atoms with Crippen LogP contribution < -0.4 is 0 Å². The average Bonchev–Trinajstić information content (AvgIpc) is 2.88. The van der Waals surface area contributed by atoms with Crippen molar-refractivity contribution in [1.29, 1.82) is 0 Å². The summed E-state index contributed by atoms with van der Waals surface area (Å²) in [6, 6.07) is 0.660. The first-order valence-corrected chi connectivity index (χ1v) is 6.12. The Morgan fingerprint density at radius 3 is 2.81 bits per heavy atom. The summed E-state index contributed by atoms with van der Waals surface area (Å²) in [7, 11) is 1.94. The molecule has 1 aliphatic rings. The Labute approximate surface area is 96.9 Å². The van der Waals surface area contributed by atoms with Crippen LogP contribution in [-0.2, 0) is 13.6 Å². The summed E-state index contributed by atoms with van der Waals surface area (Å²) in [5, 5.41) is 13.3. The predicted molar refractivity (Wildman–Crippen MR) is 63.0 cm³/mol. The SMILES string of the molecule is Cn1cc(CN(CCO)C2CCCC2)cn1. The number of aliphatic hydroxyl groups excluding tert-OH is 1. The van der Waals surface area contributed by atoms with Crippen molar-refractivity contribution >= 4 is 0 Å². The lowest BCUT2D eigenvalue weighted by Crippen LogP contribution is -2.34. The lowest BCUT2D eigenvalue weighted by molar-refractivity contribution is 0.145. The van der Waals surface area contributed by atoms with Crippen molar-refractivity contribution in [1.82, 2.24) is 14.7 Å². The van der Waals surface area contributed by atoms with E-state index in [9.17, 15) is 0 Å². The van der Waals surface area contributed by atoms with Crippen molar-refractivity contribution < 1.29 is 5.11 Å². The second-order valence-electron chi connectivity index (χ2n) is 4.65. The third-order valence-corrected chi connectivity index (χ3v) is 3.37. The molecule has 0 bridgehead atoms. The normalized spacial score (nSPS) is 17.4. The fourth-order valence-electron chi connectivity index (χ4n) is 2.58. The maximum Gasteiger partial charge on any atom is 0.0558 e. The first-order valence-electron chi connectivity index (χ1n) is 6.12. The van der Waals surface area contributed by atoms with Gasteiger partial charge in [0.1, 0.15) is 0 Å². The van der Waals surface area contributed by atoms with E-state index < -0.39 is 0 Å². The van der Waals surface area contributed by atoms with Crippen molar-refractivity contribution in [3.8, 4) is 0 Å². The molecule has 4 nitrogen and oxygen atoms in total. The zero-order valence-electron chi connectivity index (χ0n) is 9.97. The number of hydrogen-bond acceptors (Lipinski definition) is 3. The van der Waals surface area contributed by atoms with Crippen LogP contribution in [0.25, 0.3) is 0 Å². The van der Waals surface area contributed by atoms with E-state index in [0.717, 1.165) is 13.1 Å². The van der Waals surface area contributed by atoms with Gasteiger partial charge in [0.15, 0.2) is 0 Å². The first-order chi connectivity index (χ1) is 7.79. The van der Waals surface area contributed by atoms with E-state index in [4.69, 9.17) is 5.11 Å². The van der Waals surface area contributed by atoms with Crippen LogP contribution in [0.4, 0.5) is 0 Å². The highest BCUT2D eigenvalue weighted by molar-refractivity contribution is 5.03. The van der Waals surface area contributed by atoms with Crippen molar-refractivity contribution in [2.24, 2.45) is 7.05 Å². The molecular formula is C12H21N3O. The van der Waals surface area contributed by atoms with Crippen molar-refractivity contribution in [2.75, 3.05) is 13.2 Å². The summed E-state index contributed by atoms with van der Waals surface area (Å²) < 4.78 is 1.83. The summed E-state index contributed by atoms with van der Waals surface area (Å²) in [4.78, 5) is 2.39. The Kier molecular flexibility index (Phi) is 3.96. The molecule has 1 aromatic heterocycles. The molecule has 16 heavy (non-hydrogen) atoms. The van der Waals surface area contributed by atoms with Gasteiger partial charge in [0.25, 0.3) is 0 Å². The van der Waals surface area contributed by atoms with Crippen LogP contribution in [0.15, 0.2) is 12.4 Å². The Morgan fingerprint density at radius 1 is 1.50 bits per heavy atom. The molecule has 0 amide bonds. The van der Waals surface area contributed by atoms with E-state index in [-0.39, 0.29) is 6.61 Å². The molecule has 0 unspecified atom stereocenters.